The molecule has 1 atom stereocenters. The third kappa shape index (κ3) is 21.6. The first kappa shape index (κ1) is 43.0. The maximum absolute atomic E-state index is 12.6. The highest BCUT2D eigenvalue weighted by molar-refractivity contribution is 7.89. The molecular formula is C36H61IN4O5S. The second kappa shape index (κ2) is 26.9. The number of para-hydroxylation sites is 1. The zero-order valence-corrected chi connectivity index (χ0v) is 31.9. The number of nitrogens with one attached hydrogen (secondary N) is 3. The lowest BCUT2D eigenvalue weighted by Crippen LogP contribution is -3.00. The number of carbonyl (C=O) groups is 2. The van der Waals surface area contributed by atoms with Crippen LogP contribution in [-0.4, -0.2) is 51.9 Å². The minimum Gasteiger partial charge on any atom is -1.00 e. The number of hydrogen-bond acceptors (Lipinski definition) is 5. The number of amides is 2. The van der Waals surface area contributed by atoms with Gasteiger partial charge in [0.05, 0.1) is 11.8 Å². The number of carbonyl (C=O) groups excluding carboxylic acids is 2. The Balaban J connectivity index is 0.0000110. The van der Waals surface area contributed by atoms with Gasteiger partial charge in [0.15, 0.2) is 6.20 Å². The summed E-state index contributed by atoms with van der Waals surface area (Å²) < 4.78 is 35.2. The van der Waals surface area contributed by atoms with Crippen molar-refractivity contribution in [2.45, 2.75) is 136 Å². The molecule has 2 amide bonds. The molecule has 0 spiro atoms. The molecule has 0 aliphatic rings. The van der Waals surface area contributed by atoms with Crippen molar-refractivity contribution >= 4 is 32.9 Å². The summed E-state index contributed by atoms with van der Waals surface area (Å²) in [6, 6.07) is 11.3. The SMILES string of the molecule is CCCCCCCCCCCCCCCCCCNC(=O)OCC(CNS(=O)(=O)CCC[n+]1cccc2ccccc21)NC(C)=O.[I-]. The first-order valence-corrected chi connectivity index (χ1v) is 19.5. The van der Waals surface area contributed by atoms with Crippen molar-refractivity contribution < 1.29 is 51.3 Å². The number of benzene rings is 1. The van der Waals surface area contributed by atoms with Gasteiger partial charge in [-0.15, -0.1) is 0 Å². The number of sulfonamides is 1. The summed E-state index contributed by atoms with van der Waals surface area (Å²) in [5.74, 6) is -0.384. The lowest BCUT2D eigenvalue weighted by Gasteiger charge is -2.18. The standard InChI is InChI=1S/C36H60N4O5S.HI/c1-3-4-5-6-7-8-9-10-11-12-13-14-15-16-17-20-26-37-36(42)45-31-34(39-32(2)41)30-38-46(43,44)29-22-28-40-27-21-24-33-23-18-19-25-35(33)40;/h18-19,21,23-25,27,34,38H,3-17,20,22,26,28-31H2,1-2H3,(H-,37,39,41,42);1H. The summed E-state index contributed by atoms with van der Waals surface area (Å²) in [7, 11) is -3.58. The van der Waals surface area contributed by atoms with E-state index in [0.29, 0.717) is 19.5 Å². The lowest BCUT2D eigenvalue weighted by molar-refractivity contribution is -0.671. The summed E-state index contributed by atoms with van der Waals surface area (Å²) in [4.78, 5) is 23.8. The Bertz CT molecular complexity index is 1230. The summed E-state index contributed by atoms with van der Waals surface area (Å²) in [6.45, 7) is 4.51. The van der Waals surface area contributed by atoms with E-state index in [9.17, 15) is 18.0 Å². The van der Waals surface area contributed by atoms with Crippen molar-refractivity contribution in [3.05, 3.63) is 42.6 Å². The van der Waals surface area contributed by atoms with E-state index in [0.717, 1.165) is 23.7 Å². The topological polar surface area (TPSA) is 117 Å². The second-order valence-corrected chi connectivity index (χ2v) is 14.4. The van der Waals surface area contributed by atoms with Crippen molar-refractivity contribution in [3.63, 3.8) is 0 Å². The van der Waals surface area contributed by atoms with Gasteiger partial charge in [-0.3, -0.25) is 4.79 Å². The Kier molecular flexibility index (Phi) is 24.6. The third-order valence-electron chi connectivity index (χ3n) is 8.27. The van der Waals surface area contributed by atoms with E-state index in [4.69, 9.17) is 4.74 Å². The fourth-order valence-electron chi connectivity index (χ4n) is 5.67. The number of aromatic nitrogens is 1. The predicted molar refractivity (Wildman–Crippen MR) is 187 cm³/mol. The van der Waals surface area contributed by atoms with E-state index in [1.54, 1.807) is 0 Å². The fraction of sp³-hybridized carbons (Fsp3) is 0.694. The number of hydrogen-bond donors (Lipinski definition) is 3. The van der Waals surface area contributed by atoms with Gasteiger partial charge in [0.2, 0.25) is 21.4 Å². The number of ether oxygens (including phenoxy) is 1. The molecule has 0 saturated heterocycles. The van der Waals surface area contributed by atoms with Crippen LogP contribution in [0, 0.1) is 0 Å². The van der Waals surface area contributed by atoms with Crippen LogP contribution in [0.25, 0.3) is 10.9 Å². The maximum Gasteiger partial charge on any atom is 0.407 e. The molecule has 1 aromatic carbocycles. The molecule has 2 rings (SSSR count). The van der Waals surface area contributed by atoms with Gasteiger partial charge in [0, 0.05) is 44.0 Å². The molecule has 1 heterocycles. The summed E-state index contributed by atoms with van der Waals surface area (Å²) in [6.07, 6.45) is 22.5. The Morgan fingerprint density at radius 3 is 1.94 bits per heavy atom. The number of fused-ring (bicyclic) bond motifs is 1. The molecule has 1 unspecified atom stereocenters. The van der Waals surface area contributed by atoms with Crippen LogP contribution in [0.15, 0.2) is 42.6 Å². The van der Waals surface area contributed by atoms with Crippen LogP contribution in [0.4, 0.5) is 4.79 Å². The number of aryl methyl sites for hydroxylation is 1. The van der Waals surface area contributed by atoms with Crippen LogP contribution >= 0.6 is 0 Å². The number of alkyl carbamates (subject to hydrolysis) is 1. The van der Waals surface area contributed by atoms with E-state index in [2.05, 4.69) is 22.3 Å². The minimum absolute atomic E-state index is 0. The van der Waals surface area contributed by atoms with Gasteiger partial charge in [0.1, 0.15) is 13.2 Å². The van der Waals surface area contributed by atoms with Crippen LogP contribution in [-0.2, 0) is 26.1 Å². The fourth-order valence-corrected chi connectivity index (χ4v) is 6.78. The molecule has 0 saturated carbocycles. The van der Waals surface area contributed by atoms with E-state index in [-0.39, 0.29) is 48.8 Å². The molecule has 0 radical (unpaired) electrons. The quantitative estimate of drug-likeness (QED) is 0.0722. The molecule has 2 aromatic rings. The summed E-state index contributed by atoms with van der Waals surface area (Å²) in [5, 5.41) is 6.51. The molecular weight excluding hydrogens is 727 g/mol. The van der Waals surface area contributed by atoms with Crippen molar-refractivity contribution in [1.29, 1.82) is 0 Å². The minimum atomic E-state index is -3.58. The van der Waals surface area contributed by atoms with Crippen molar-refractivity contribution in [2.24, 2.45) is 0 Å². The number of pyridine rings is 1. The van der Waals surface area contributed by atoms with Crippen molar-refractivity contribution in [3.8, 4) is 0 Å². The second-order valence-electron chi connectivity index (χ2n) is 12.5. The van der Waals surface area contributed by atoms with E-state index >= 15 is 0 Å². The van der Waals surface area contributed by atoms with E-state index in [1.165, 1.54) is 96.8 Å². The van der Waals surface area contributed by atoms with Gasteiger partial charge in [-0.05, 0) is 18.6 Å². The number of unbranched alkanes of at least 4 members (excludes halogenated alkanes) is 15. The predicted octanol–water partition coefficient (Wildman–Crippen LogP) is 3.93. The van der Waals surface area contributed by atoms with Crippen molar-refractivity contribution in [2.75, 3.05) is 25.4 Å². The smallest absolute Gasteiger partial charge is 0.407 e. The van der Waals surface area contributed by atoms with Crippen LogP contribution in [0.1, 0.15) is 123 Å². The largest absolute Gasteiger partial charge is 1.00 e. The Morgan fingerprint density at radius 1 is 0.787 bits per heavy atom. The van der Waals surface area contributed by atoms with Crippen LogP contribution in [0.2, 0.25) is 0 Å². The van der Waals surface area contributed by atoms with Gasteiger partial charge < -0.3 is 39.3 Å². The molecule has 0 fully saturated rings. The number of halogens is 1. The highest BCUT2D eigenvalue weighted by atomic mass is 127. The molecule has 1 aromatic heterocycles. The van der Waals surface area contributed by atoms with Gasteiger partial charge in [-0.25, -0.2) is 17.9 Å². The Morgan fingerprint density at radius 2 is 1.34 bits per heavy atom. The highest BCUT2D eigenvalue weighted by Crippen LogP contribution is 2.14. The first-order chi connectivity index (χ1) is 22.3. The molecule has 0 bridgehead atoms. The van der Waals surface area contributed by atoms with Gasteiger partial charge in [-0.2, -0.15) is 4.57 Å². The molecule has 11 heteroatoms. The summed E-state index contributed by atoms with van der Waals surface area (Å²) >= 11 is 0. The van der Waals surface area contributed by atoms with Gasteiger partial charge in [-0.1, -0.05) is 115 Å². The van der Waals surface area contributed by atoms with E-state index < -0.39 is 22.2 Å². The Labute approximate surface area is 301 Å². The van der Waals surface area contributed by atoms with Gasteiger partial charge >= 0.3 is 6.09 Å². The average molecular weight is 789 g/mol. The molecule has 0 aliphatic carbocycles. The molecule has 47 heavy (non-hydrogen) atoms. The van der Waals surface area contributed by atoms with Crippen LogP contribution in [0.5, 0.6) is 0 Å². The zero-order chi connectivity index (χ0) is 33.3. The maximum atomic E-state index is 12.6. The Hall–Kier alpha value is -1.99. The first-order valence-electron chi connectivity index (χ1n) is 17.8. The van der Waals surface area contributed by atoms with E-state index in [1.807, 2.05) is 47.2 Å². The normalized spacial score (nSPS) is 12.0. The summed E-state index contributed by atoms with van der Waals surface area (Å²) in [5.41, 5.74) is 1.05. The monoisotopic (exact) mass is 788 g/mol. The number of rotatable bonds is 27. The lowest BCUT2D eigenvalue weighted by atomic mass is 10.0. The molecule has 268 valence electrons. The molecule has 9 nitrogen and oxygen atoms in total. The van der Waals surface area contributed by atoms with Crippen LogP contribution in [0.3, 0.4) is 0 Å². The zero-order valence-electron chi connectivity index (χ0n) is 28.9. The van der Waals surface area contributed by atoms with Gasteiger partial charge in [0.25, 0.3) is 0 Å². The molecule has 3 N–H and O–H groups in total. The average Bonchev–Trinajstić information content (AvgIpc) is 3.03. The highest BCUT2D eigenvalue weighted by Gasteiger charge is 2.18. The molecule has 0 aliphatic heterocycles. The third-order valence-corrected chi connectivity index (χ3v) is 9.71. The number of nitrogens with zero attached hydrogens (tertiary/aromatic N) is 1. The van der Waals surface area contributed by atoms with Crippen molar-refractivity contribution in [1.82, 2.24) is 15.4 Å². The van der Waals surface area contributed by atoms with Crippen LogP contribution < -0.4 is 43.9 Å².